The van der Waals surface area contributed by atoms with Crippen LogP contribution in [-0.2, 0) is 4.74 Å². The second-order valence-corrected chi connectivity index (χ2v) is 7.98. The highest BCUT2D eigenvalue weighted by molar-refractivity contribution is 8.03. The number of aromatic amines is 1. The number of thioether (sulfide) groups is 1. The van der Waals surface area contributed by atoms with Crippen LogP contribution in [0, 0.1) is 25.2 Å². The van der Waals surface area contributed by atoms with E-state index in [1.165, 1.54) is 18.9 Å². The lowest BCUT2D eigenvalue weighted by molar-refractivity contribution is 0.0600. The highest BCUT2D eigenvalue weighted by Gasteiger charge is 2.17. The third-order valence-corrected chi connectivity index (χ3v) is 5.81. The molecule has 0 unspecified atom stereocenters. The highest BCUT2D eigenvalue weighted by Crippen LogP contribution is 2.30. The van der Waals surface area contributed by atoms with Crippen LogP contribution in [0.2, 0.25) is 0 Å². The van der Waals surface area contributed by atoms with Crippen LogP contribution in [0.15, 0.2) is 64.7 Å². The van der Waals surface area contributed by atoms with E-state index in [-0.39, 0.29) is 0 Å². The maximum atomic E-state index is 12.2. The Morgan fingerprint density at radius 1 is 1.19 bits per heavy atom. The molecule has 2 heterocycles. The number of benzene rings is 2. The Bertz CT molecular complexity index is 1320. The Hall–Kier alpha value is -3.76. The smallest absolute Gasteiger partial charge is 0.339 e. The first-order valence-corrected chi connectivity index (χ1v) is 10.4. The van der Waals surface area contributed by atoms with E-state index >= 15 is 0 Å². The number of ether oxygens (including phenoxy) is 1. The van der Waals surface area contributed by atoms with E-state index in [9.17, 15) is 10.1 Å². The molecule has 0 aliphatic rings. The summed E-state index contributed by atoms with van der Waals surface area (Å²) in [5.74, 6) is -0.390. The van der Waals surface area contributed by atoms with Crippen molar-refractivity contribution < 1.29 is 9.53 Å². The number of carbonyl (C=O) groups is 1. The van der Waals surface area contributed by atoms with Gasteiger partial charge in [-0.15, -0.1) is 0 Å². The molecule has 0 bridgehead atoms. The van der Waals surface area contributed by atoms with Crippen LogP contribution in [0.3, 0.4) is 0 Å². The molecule has 1 N–H and O–H groups in total. The lowest BCUT2D eigenvalue weighted by Crippen LogP contribution is -2.09. The second-order valence-electron chi connectivity index (χ2n) is 6.95. The molecule has 0 radical (unpaired) electrons. The minimum absolute atomic E-state index is 0.390. The van der Waals surface area contributed by atoms with E-state index in [2.05, 4.69) is 16.0 Å². The maximum absolute atomic E-state index is 12.2. The van der Waals surface area contributed by atoms with Crippen molar-refractivity contribution in [2.24, 2.45) is 0 Å². The van der Waals surface area contributed by atoms with Crippen LogP contribution in [0.5, 0.6) is 0 Å². The molecule has 31 heavy (non-hydrogen) atoms. The van der Waals surface area contributed by atoms with Gasteiger partial charge in [0.05, 0.1) is 34.3 Å². The number of carbonyl (C=O) groups excluding carboxylic acids is 1. The van der Waals surface area contributed by atoms with E-state index in [4.69, 9.17) is 4.74 Å². The first-order valence-electron chi connectivity index (χ1n) is 9.63. The topological polar surface area (TPSA) is 83.7 Å². The van der Waals surface area contributed by atoms with Crippen molar-refractivity contribution in [2.75, 3.05) is 7.11 Å². The van der Waals surface area contributed by atoms with Crippen LogP contribution >= 0.6 is 11.8 Å². The summed E-state index contributed by atoms with van der Waals surface area (Å²) in [5, 5.41) is 10.4. The zero-order valence-electron chi connectivity index (χ0n) is 17.3. The Balaban J connectivity index is 1.72. The third-order valence-electron chi connectivity index (χ3n) is 4.99. The number of esters is 1. The number of allylic oxidation sites excluding steroid dienone is 1. The van der Waals surface area contributed by atoms with Gasteiger partial charge in [-0.1, -0.05) is 24.3 Å². The predicted octanol–water partition coefficient (Wildman–Crippen LogP) is 5.41. The van der Waals surface area contributed by atoms with Crippen LogP contribution in [0.25, 0.3) is 22.8 Å². The number of fused-ring (bicyclic) bond motifs is 1. The number of methoxy groups -OCH3 is 1. The number of H-pyrrole nitrogens is 1. The minimum atomic E-state index is -0.390. The average Bonchev–Trinajstić information content (AvgIpc) is 3.32. The minimum Gasteiger partial charge on any atom is -0.465 e. The summed E-state index contributed by atoms with van der Waals surface area (Å²) in [5.41, 5.74) is 5.79. The van der Waals surface area contributed by atoms with Crippen LogP contribution in [0.4, 0.5) is 0 Å². The molecule has 0 aliphatic carbocycles. The van der Waals surface area contributed by atoms with Gasteiger partial charge >= 0.3 is 5.97 Å². The molecular weight excluding hydrogens is 408 g/mol. The fraction of sp³-hybridized carbons (Fsp3) is 0.125. The largest absolute Gasteiger partial charge is 0.465 e. The number of rotatable bonds is 5. The van der Waals surface area contributed by atoms with Gasteiger partial charge in [0.25, 0.3) is 0 Å². The fourth-order valence-electron chi connectivity index (χ4n) is 3.56. The molecule has 0 fully saturated rings. The molecule has 0 aliphatic heterocycles. The summed E-state index contributed by atoms with van der Waals surface area (Å²) in [4.78, 5) is 20.5. The lowest BCUT2D eigenvalue weighted by atomic mass is 10.1. The normalized spacial score (nSPS) is 11.5. The molecule has 0 atom stereocenters. The van der Waals surface area contributed by atoms with Crippen molar-refractivity contribution in [3.63, 3.8) is 0 Å². The van der Waals surface area contributed by atoms with Crippen molar-refractivity contribution in [2.45, 2.75) is 19.0 Å². The summed E-state index contributed by atoms with van der Waals surface area (Å²) in [6.07, 6.45) is 1.84. The number of aromatic nitrogens is 3. The molecule has 0 spiro atoms. The third kappa shape index (κ3) is 3.98. The number of hydrogen-bond donors (Lipinski definition) is 1. The summed E-state index contributed by atoms with van der Waals surface area (Å²) < 4.78 is 6.94. The van der Waals surface area contributed by atoms with Crippen LogP contribution < -0.4 is 0 Å². The van der Waals surface area contributed by atoms with Crippen molar-refractivity contribution in [1.29, 1.82) is 5.26 Å². The Morgan fingerprint density at radius 2 is 1.94 bits per heavy atom. The van der Waals surface area contributed by atoms with Gasteiger partial charge in [-0.25, -0.2) is 9.78 Å². The summed E-state index contributed by atoms with van der Waals surface area (Å²) in [6.45, 7) is 3.94. The number of imidazole rings is 1. The second kappa shape index (κ2) is 8.54. The maximum Gasteiger partial charge on any atom is 0.339 e. The molecule has 2 aromatic carbocycles. The van der Waals surface area contributed by atoms with Crippen molar-refractivity contribution in [3.8, 4) is 11.8 Å². The predicted molar refractivity (Wildman–Crippen MR) is 122 cm³/mol. The zero-order chi connectivity index (χ0) is 22.0. The molecular formula is C24H20N4O2S. The van der Waals surface area contributed by atoms with E-state index < -0.39 is 5.97 Å². The van der Waals surface area contributed by atoms with E-state index in [0.717, 1.165) is 33.7 Å². The van der Waals surface area contributed by atoms with Crippen LogP contribution in [0.1, 0.15) is 27.3 Å². The molecule has 4 aromatic rings. The first-order chi connectivity index (χ1) is 15.0. The van der Waals surface area contributed by atoms with E-state index in [1.807, 2.05) is 73.0 Å². The average molecular weight is 429 g/mol. The molecule has 0 saturated carbocycles. The molecule has 154 valence electrons. The van der Waals surface area contributed by atoms with Gasteiger partial charge in [-0.3, -0.25) is 0 Å². The SMILES string of the molecule is COC(=O)c1ccccc1-n1c(C)cc(/C=C(\C#N)Sc2nc3ccccc3[nH]2)c1C. The number of hydrogen-bond acceptors (Lipinski definition) is 5. The molecule has 2 aromatic heterocycles. The van der Waals surface area contributed by atoms with Gasteiger partial charge < -0.3 is 14.3 Å². The Kier molecular flexibility index (Phi) is 5.65. The van der Waals surface area contributed by atoms with Gasteiger partial charge in [0.1, 0.15) is 6.07 Å². The van der Waals surface area contributed by atoms with Gasteiger partial charge in [-0.2, -0.15) is 5.26 Å². The summed E-state index contributed by atoms with van der Waals surface area (Å²) >= 11 is 1.29. The standard InChI is InChI=1S/C24H20N4O2S/c1-15-12-17(16(2)28(15)22-11-7-4-8-19(22)23(29)30-3)13-18(14-25)31-24-26-20-9-5-6-10-21(20)27-24/h4-13H,1-3H3,(H,26,27)/b18-13+. The van der Waals surface area contributed by atoms with Crippen LogP contribution in [-0.4, -0.2) is 27.6 Å². The van der Waals surface area contributed by atoms with Crippen molar-refractivity contribution in [3.05, 3.63) is 82.0 Å². The number of nitrogens with zero attached hydrogens (tertiary/aromatic N) is 3. The summed E-state index contributed by atoms with van der Waals surface area (Å²) in [7, 11) is 1.37. The molecule has 4 rings (SSSR count). The molecule has 0 saturated heterocycles. The summed E-state index contributed by atoms with van der Waals surface area (Å²) in [6, 6.07) is 19.3. The number of nitrogens with one attached hydrogen (secondary N) is 1. The van der Waals surface area contributed by atoms with Gasteiger partial charge in [0, 0.05) is 11.4 Å². The Labute approximate surface area is 184 Å². The quantitative estimate of drug-likeness (QED) is 0.261. The number of aryl methyl sites for hydroxylation is 1. The van der Waals surface area contributed by atoms with Gasteiger partial charge in [0.15, 0.2) is 5.16 Å². The first kappa shape index (κ1) is 20.5. The Morgan fingerprint density at radius 3 is 2.68 bits per heavy atom. The molecule has 0 amide bonds. The molecule has 6 nitrogen and oxygen atoms in total. The highest BCUT2D eigenvalue weighted by atomic mass is 32.2. The number of para-hydroxylation sites is 3. The van der Waals surface area contributed by atoms with Gasteiger partial charge in [0.2, 0.25) is 0 Å². The zero-order valence-corrected chi connectivity index (χ0v) is 18.2. The van der Waals surface area contributed by atoms with Crippen molar-refractivity contribution in [1.82, 2.24) is 14.5 Å². The van der Waals surface area contributed by atoms with E-state index in [1.54, 1.807) is 6.07 Å². The lowest BCUT2D eigenvalue weighted by Gasteiger charge is -2.13. The van der Waals surface area contributed by atoms with Gasteiger partial charge in [-0.05, 0) is 67.6 Å². The molecule has 7 heteroatoms. The van der Waals surface area contributed by atoms with E-state index in [0.29, 0.717) is 15.6 Å². The fourth-order valence-corrected chi connectivity index (χ4v) is 4.31. The number of nitriles is 1. The van der Waals surface area contributed by atoms with Crippen molar-refractivity contribution >= 4 is 34.8 Å². The monoisotopic (exact) mass is 428 g/mol.